The van der Waals surface area contributed by atoms with Gasteiger partial charge in [0.2, 0.25) is 11.7 Å². The lowest BCUT2D eigenvalue weighted by Crippen LogP contribution is -2.46. The number of phenols is 1. The Morgan fingerprint density at radius 3 is 2.16 bits per heavy atom. The van der Waals surface area contributed by atoms with Crippen LogP contribution in [-0.4, -0.2) is 93.1 Å². The molecule has 1 aliphatic carbocycles. The van der Waals surface area contributed by atoms with E-state index in [0.29, 0.717) is 0 Å². The van der Waals surface area contributed by atoms with Crippen molar-refractivity contribution >= 4 is 29.2 Å². The van der Waals surface area contributed by atoms with E-state index in [1.54, 1.807) is 27.7 Å². The normalized spacial score (nSPS) is 34.8. The van der Waals surface area contributed by atoms with Crippen LogP contribution in [0.5, 0.6) is 11.5 Å². The molecule has 5 N–H and O–H groups in total. The zero-order valence-corrected chi connectivity index (χ0v) is 30.1. The highest BCUT2D eigenvalue weighted by Crippen LogP contribution is 2.48. The second kappa shape index (κ2) is 15.1. The third-order valence-corrected chi connectivity index (χ3v) is 10.2. The molecule has 14 nitrogen and oxygen atoms in total. The Bertz CT molecular complexity index is 1690. The van der Waals surface area contributed by atoms with Gasteiger partial charge in [-0.15, -0.1) is 0 Å². The van der Waals surface area contributed by atoms with Crippen molar-refractivity contribution in [2.45, 2.75) is 91.7 Å². The van der Waals surface area contributed by atoms with Crippen molar-refractivity contribution in [2.75, 3.05) is 7.11 Å². The Morgan fingerprint density at radius 2 is 1.55 bits per heavy atom. The topological polar surface area (TPSA) is 215 Å². The Morgan fingerprint density at radius 1 is 0.902 bits per heavy atom. The number of aliphatic hydroxyl groups is 3. The molecule has 0 radical (unpaired) electrons. The molecule has 1 aromatic carbocycles. The zero-order chi connectivity index (χ0) is 38.3. The average Bonchev–Trinajstić information content (AvgIpc) is 3.35. The predicted molar refractivity (Wildman–Crippen MR) is 181 cm³/mol. The van der Waals surface area contributed by atoms with Crippen LogP contribution < -0.4 is 10.1 Å². The summed E-state index contributed by atoms with van der Waals surface area (Å²) in [6.07, 6.45) is 0.781. The first-order valence-corrected chi connectivity index (χ1v) is 16.8. The van der Waals surface area contributed by atoms with Gasteiger partial charge in [0.15, 0.2) is 5.78 Å². The van der Waals surface area contributed by atoms with Crippen molar-refractivity contribution in [3.05, 3.63) is 58.5 Å². The number of ketones is 3. The van der Waals surface area contributed by atoms with E-state index >= 15 is 0 Å². The number of allylic oxidation sites excluding steroid dienone is 2. The van der Waals surface area contributed by atoms with Gasteiger partial charge in [-0.1, -0.05) is 46.8 Å². The molecule has 278 valence electrons. The number of esters is 1. The monoisotopic (exact) mass is 713 g/mol. The van der Waals surface area contributed by atoms with Gasteiger partial charge in [0.1, 0.15) is 17.6 Å². The molecule has 11 unspecified atom stereocenters. The van der Waals surface area contributed by atoms with Gasteiger partial charge in [-0.05, 0) is 13.0 Å². The minimum absolute atomic E-state index is 0.0210. The number of hydrogen-bond donors (Lipinski definition) is 5. The number of carbonyl (C=O) groups is 5. The fraction of sp³-hybridized carbons (Fsp3) is 0.541. The van der Waals surface area contributed by atoms with Crippen molar-refractivity contribution in [1.82, 2.24) is 5.32 Å². The van der Waals surface area contributed by atoms with Crippen molar-refractivity contribution in [3.63, 3.8) is 0 Å². The number of aromatic hydroxyl groups is 1. The SMILES string of the molecule is COC1C=COC2(C)Oc3c(C)c(O)c4c(c3C2=O)C(=O)C=C(NC(=O)C(C)C(O)C=CC(C)C(O)C(C)C(O)C(C)C(OC(C)=O)C1C)C4=O. The maximum absolute atomic E-state index is 13.9. The lowest BCUT2D eigenvalue weighted by molar-refractivity contribution is -0.160. The summed E-state index contributed by atoms with van der Waals surface area (Å²) < 4.78 is 23.0. The summed E-state index contributed by atoms with van der Waals surface area (Å²) in [5, 5.41) is 46.9. The van der Waals surface area contributed by atoms with Gasteiger partial charge in [0, 0.05) is 56.3 Å². The van der Waals surface area contributed by atoms with E-state index in [2.05, 4.69) is 5.32 Å². The third-order valence-electron chi connectivity index (χ3n) is 10.2. The Balaban J connectivity index is 1.82. The second-order valence-electron chi connectivity index (χ2n) is 13.8. The minimum Gasteiger partial charge on any atom is -0.507 e. The van der Waals surface area contributed by atoms with Crippen LogP contribution in [-0.2, 0) is 23.8 Å². The molecule has 3 aliphatic heterocycles. The number of nitrogens with one attached hydrogen (secondary N) is 1. The van der Waals surface area contributed by atoms with Crippen molar-refractivity contribution in [1.29, 1.82) is 0 Å². The van der Waals surface area contributed by atoms with Gasteiger partial charge in [-0.25, -0.2) is 0 Å². The number of carbonyl (C=O) groups excluding carboxylic acids is 5. The number of aliphatic hydroxyl groups excluding tert-OH is 3. The number of phenolic OH excluding ortho intramolecular Hbond substituents is 1. The number of fused-ring (bicyclic) bond motifs is 15. The first kappa shape index (κ1) is 39.4. The first-order valence-electron chi connectivity index (χ1n) is 16.8. The van der Waals surface area contributed by atoms with E-state index in [9.17, 15) is 44.4 Å². The van der Waals surface area contributed by atoms with Crippen LogP contribution in [0.1, 0.15) is 85.1 Å². The molecule has 1 aromatic rings. The molecule has 0 aromatic heterocycles. The minimum atomic E-state index is -2.05. The largest absolute Gasteiger partial charge is 0.507 e. The van der Waals surface area contributed by atoms with Gasteiger partial charge in [-0.2, -0.15) is 0 Å². The summed E-state index contributed by atoms with van der Waals surface area (Å²) in [6.45, 7) is 12.0. The molecule has 11 atom stereocenters. The molecule has 51 heavy (non-hydrogen) atoms. The van der Waals surface area contributed by atoms with E-state index in [4.69, 9.17) is 18.9 Å². The van der Waals surface area contributed by atoms with Crippen LogP contribution in [0.25, 0.3) is 0 Å². The van der Waals surface area contributed by atoms with E-state index in [-0.39, 0.29) is 16.9 Å². The van der Waals surface area contributed by atoms with Gasteiger partial charge in [-0.3, -0.25) is 24.0 Å². The summed E-state index contributed by atoms with van der Waals surface area (Å²) in [5.74, 6) is -10.8. The average molecular weight is 714 g/mol. The number of amides is 1. The van der Waals surface area contributed by atoms with Crippen LogP contribution in [0.2, 0.25) is 0 Å². The molecule has 4 aliphatic rings. The molecule has 3 heterocycles. The summed E-state index contributed by atoms with van der Waals surface area (Å²) in [5.41, 5.74) is -1.67. The molecular weight excluding hydrogens is 666 g/mol. The van der Waals surface area contributed by atoms with Crippen molar-refractivity contribution in [3.8, 4) is 11.5 Å². The summed E-state index contributed by atoms with van der Waals surface area (Å²) in [7, 11) is 1.40. The summed E-state index contributed by atoms with van der Waals surface area (Å²) in [4.78, 5) is 66.4. The predicted octanol–water partition coefficient (Wildman–Crippen LogP) is 2.68. The fourth-order valence-corrected chi connectivity index (χ4v) is 6.81. The smallest absolute Gasteiger partial charge is 0.312 e. The van der Waals surface area contributed by atoms with Gasteiger partial charge < -0.3 is 44.7 Å². The van der Waals surface area contributed by atoms with E-state index in [1.165, 1.54) is 53.0 Å². The van der Waals surface area contributed by atoms with Gasteiger partial charge in [0.05, 0.1) is 59.0 Å². The highest BCUT2D eigenvalue weighted by molar-refractivity contribution is 6.30. The molecule has 5 rings (SSSR count). The Hall–Kier alpha value is -4.37. The van der Waals surface area contributed by atoms with Crippen molar-refractivity contribution in [2.24, 2.45) is 29.6 Å². The zero-order valence-electron chi connectivity index (χ0n) is 30.1. The number of methoxy groups -OCH3 is 1. The third kappa shape index (κ3) is 7.36. The standard InChI is InChI=1S/C37H47NO13/c1-15-10-11-23(40)16(2)36(47)38-22-14-24(41)26-27(32(22)45)31(44)20(6)34-28(26)35(46)37(8,51-34)49-13-12-25(48-9)17(3)33(50-21(7)39)19(5)30(43)18(4)29(15)42/h10-19,23,25,29-30,33,40,42-44H,1-9H3,(H,38,47). The molecule has 0 saturated carbocycles. The van der Waals surface area contributed by atoms with Gasteiger partial charge in [0.25, 0.3) is 5.78 Å². The molecule has 5 bridgehead atoms. The number of hydrogen-bond acceptors (Lipinski definition) is 13. The quantitative estimate of drug-likeness (QED) is 0.220. The molecule has 1 amide bonds. The molecule has 0 saturated heterocycles. The van der Waals surface area contributed by atoms with Crippen LogP contribution in [0.4, 0.5) is 0 Å². The number of ether oxygens (including phenoxy) is 4. The van der Waals surface area contributed by atoms with Crippen LogP contribution in [0, 0.1) is 36.5 Å². The highest BCUT2D eigenvalue weighted by Gasteiger charge is 2.51. The maximum Gasteiger partial charge on any atom is 0.312 e. The fourth-order valence-electron chi connectivity index (χ4n) is 6.81. The second-order valence-corrected chi connectivity index (χ2v) is 13.8. The van der Waals surface area contributed by atoms with Crippen LogP contribution in [0.3, 0.4) is 0 Å². The highest BCUT2D eigenvalue weighted by atomic mass is 16.7. The number of rotatable bonds is 2. The van der Waals surface area contributed by atoms with Crippen LogP contribution in [0.15, 0.2) is 36.3 Å². The van der Waals surface area contributed by atoms with E-state index in [0.717, 1.165) is 12.3 Å². The summed E-state index contributed by atoms with van der Waals surface area (Å²) in [6, 6.07) is 0. The van der Waals surface area contributed by atoms with Gasteiger partial charge >= 0.3 is 11.8 Å². The van der Waals surface area contributed by atoms with Crippen LogP contribution >= 0.6 is 0 Å². The molecule has 14 heteroatoms. The molecular formula is C37H47NO13. The Kier molecular flexibility index (Phi) is 11.7. The summed E-state index contributed by atoms with van der Waals surface area (Å²) >= 11 is 0. The molecule has 0 spiro atoms. The maximum atomic E-state index is 13.9. The Labute approximate surface area is 296 Å². The number of benzene rings is 1. The lowest BCUT2D eigenvalue weighted by Gasteiger charge is -2.38. The van der Waals surface area contributed by atoms with E-state index in [1.807, 2.05) is 0 Å². The first-order chi connectivity index (χ1) is 23.8. The van der Waals surface area contributed by atoms with E-state index < -0.39 is 118 Å². The van der Waals surface area contributed by atoms with Crippen molar-refractivity contribution < 1.29 is 63.3 Å². The molecule has 0 fully saturated rings. The lowest BCUT2D eigenvalue weighted by atomic mass is 9.78. The number of Topliss-reactive ketones (excluding diaryl/α,β-unsaturated/α-hetero) is 2.